The molecule has 0 N–H and O–H groups in total. The Kier molecular flexibility index (Phi) is 5.18. The molecular weight excluding hydrogens is 366 g/mol. The van der Waals surface area contributed by atoms with Crippen molar-refractivity contribution in [2.75, 3.05) is 6.54 Å². The van der Waals surface area contributed by atoms with Gasteiger partial charge in [-0.05, 0) is 31.5 Å². The van der Waals surface area contributed by atoms with Crippen molar-refractivity contribution in [1.29, 1.82) is 0 Å². The summed E-state index contributed by atoms with van der Waals surface area (Å²) in [5.41, 5.74) is 1.87. The summed E-state index contributed by atoms with van der Waals surface area (Å²) in [5, 5.41) is 10.8. The Morgan fingerprint density at radius 3 is 2.33 bits per heavy atom. The number of benzene rings is 2. The van der Waals surface area contributed by atoms with Crippen molar-refractivity contribution < 1.29 is 13.3 Å². The first-order valence-electron chi connectivity index (χ1n) is 8.54. The Hall–Kier alpha value is -2.87. The van der Waals surface area contributed by atoms with E-state index in [1.165, 1.54) is 28.6 Å². The van der Waals surface area contributed by atoms with Gasteiger partial charge in [-0.1, -0.05) is 30.3 Å². The monoisotopic (exact) mass is 387 g/mol. The van der Waals surface area contributed by atoms with E-state index in [9.17, 15) is 18.5 Å². The first kappa shape index (κ1) is 18.9. The Bertz CT molecular complexity index is 956. The van der Waals surface area contributed by atoms with E-state index in [-0.39, 0.29) is 16.6 Å². The van der Waals surface area contributed by atoms with Crippen molar-refractivity contribution in [1.82, 2.24) is 9.21 Å². The van der Waals surface area contributed by atoms with Crippen LogP contribution in [0.3, 0.4) is 0 Å². The summed E-state index contributed by atoms with van der Waals surface area (Å²) in [7, 11) is -3.78. The molecule has 0 unspecified atom stereocenters. The van der Waals surface area contributed by atoms with Crippen LogP contribution in [0, 0.1) is 10.1 Å². The summed E-state index contributed by atoms with van der Waals surface area (Å²) in [4.78, 5) is 12.4. The number of allylic oxidation sites excluding steroid dienone is 1. The third-order valence-corrected chi connectivity index (χ3v) is 6.46. The number of hydrogen-bond acceptors (Lipinski definition) is 5. The van der Waals surface area contributed by atoms with Crippen LogP contribution >= 0.6 is 0 Å². The van der Waals surface area contributed by atoms with Crippen LogP contribution in [0.2, 0.25) is 0 Å². The first-order chi connectivity index (χ1) is 12.8. The van der Waals surface area contributed by atoms with Crippen molar-refractivity contribution in [2.45, 2.75) is 31.3 Å². The van der Waals surface area contributed by atoms with Crippen molar-refractivity contribution in [3.05, 3.63) is 82.2 Å². The minimum atomic E-state index is -3.78. The third kappa shape index (κ3) is 3.95. The molecule has 0 bridgehead atoms. The number of non-ortho nitro benzene ring substituents is 1. The fraction of sp³-hybridized carbons (Fsp3) is 0.263. The lowest BCUT2D eigenvalue weighted by Crippen LogP contribution is -2.46. The maximum atomic E-state index is 13.0. The highest BCUT2D eigenvalue weighted by Crippen LogP contribution is 2.27. The summed E-state index contributed by atoms with van der Waals surface area (Å²) >= 11 is 0. The van der Waals surface area contributed by atoms with Gasteiger partial charge in [0.2, 0.25) is 0 Å². The normalized spacial score (nSPS) is 17.6. The SMILES string of the molecule is CC1=CN(S(=O)(=O)c2ccc([N+](=O)[O-])cc2)[C@@H](C)CN1Cc1ccccc1. The highest BCUT2D eigenvalue weighted by molar-refractivity contribution is 7.89. The number of hydrogen-bond donors (Lipinski definition) is 0. The summed E-state index contributed by atoms with van der Waals surface area (Å²) < 4.78 is 27.3. The zero-order chi connectivity index (χ0) is 19.6. The van der Waals surface area contributed by atoms with E-state index in [1.807, 2.05) is 44.2 Å². The van der Waals surface area contributed by atoms with Crippen molar-refractivity contribution >= 4 is 15.7 Å². The fourth-order valence-electron chi connectivity index (χ4n) is 3.10. The molecule has 7 nitrogen and oxygen atoms in total. The van der Waals surface area contributed by atoms with Crippen LogP contribution in [0.4, 0.5) is 5.69 Å². The molecule has 0 saturated carbocycles. The van der Waals surface area contributed by atoms with Gasteiger partial charge in [-0.2, -0.15) is 0 Å². The van der Waals surface area contributed by atoms with Gasteiger partial charge >= 0.3 is 0 Å². The average Bonchev–Trinajstić information content (AvgIpc) is 2.65. The Labute approximate surface area is 158 Å². The molecular formula is C19H21N3O4S. The summed E-state index contributed by atoms with van der Waals surface area (Å²) in [5.74, 6) is 0. The molecule has 0 radical (unpaired) electrons. The molecule has 2 aromatic rings. The summed E-state index contributed by atoms with van der Waals surface area (Å²) in [6.45, 7) is 5.00. The van der Waals surface area contributed by atoms with Gasteiger partial charge in [0.15, 0.2) is 0 Å². The van der Waals surface area contributed by atoms with E-state index in [0.717, 1.165) is 11.3 Å². The Balaban J connectivity index is 1.85. The molecule has 0 aliphatic carbocycles. The maximum Gasteiger partial charge on any atom is 0.269 e. The second-order valence-corrected chi connectivity index (χ2v) is 8.41. The molecule has 1 aliphatic heterocycles. The van der Waals surface area contributed by atoms with Crippen molar-refractivity contribution in [2.24, 2.45) is 0 Å². The molecule has 8 heteroatoms. The molecule has 0 amide bonds. The average molecular weight is 387 g/mol. The molecule has 0 spiro atoms. The van der Waals surface area contributed by atoms with Gasteiger partial charge in [0.25, 0.3) is 15.7 Å². The predicted octanol–water partition coefficient (Wildman–Crippen LogP) is 3.35. The van der Waals surface area contributed by atoms with Gasteiger partial charge in [0.1, 0.15) is 0 Å². The highest BCUT2D eigenvalue weighted by atomic mass is 32.2. The van der Waals surface area contributed by atoms with Gasteiger partial charge in [0.05, 0.1) is 15.9 Å². The highest BCUT2D eigenvalue weighted by Gasteiger charge is 2.31. The zero-order valence-electron chi connectivity index (χ0n) is 15.1. The lowest BCUT2D eigenvalue weighted by Gasteiger charge is -2.39. The number of nitro groups is 1. The van der Waals surface area contributed by atoms with Crippen LogP contribution < -0.4 is 0 Å². The summed E-state index contributed by atoms with van der Waals surface area (Å²) in [6.07, 6.45) is 1.63. The topological polar surface area (TPSA) is 83.8 Å². The van der Waals surface area contributed by atoms with Gasteiger partial charge < -0.3 is 4.90 Å². The number of rotatable bonds is 5. The standard InChI is InChI=1S/C19H21N3O4S/c1-15-13-21(16(2)12-20(15)14-17-6-4-3-5-7-17)27(25,26)19-10-8-18(9-11-19)22(23)24/h3-11,13,16H,12,14H2,1-2H3/t16-/m0/s1. The molecule has 0 fully saturated rings. The maximum absolute atomic E-state index is 13.0. The molecule has 142 valence electrons. The molecule has 1 heterocycles. The molecule has 0 aromatic heterocycles. The van der Waals surface area contributed by atoms with Crippen LogP contribution in [0.25, 0.3) is 0 Å². The van der Waals surface area contributed by atoms with E-state index in [2.05, 4.69) is 4.90 Å². The third-order valence-electron chi connectivity index (χ3n) is 4.57. The van der Waals surface area contributed by atoms with E-state index in [1.54, 1.807) is 6.20 Å². The lowest BCUT2D eigenvalue weighted by atomic mass is 10.1. The molecule has 27 heavy (non-hydrogen) atoms. The van der Waals surface area contributed by atoms with Crippen molar-refractivity contribution in [3.63, 3.8) is 0 Å². The van der Waals surface area contributed by atoms with Gasteiger partial charge in [-0.3, -0.25) is 14.4 Å². The second kappa shape index (κ2) is 7.40. The smallest absolute Gasteiger partial charge is 0.269 e. The Morgan fingerprint density at radius 2 is 1.74 bits per heavy atom. The largest absolute Gasteiger partial charge is 0.367 e. The molecule has 1 atom stereocenters. The van der Waals surface area contributed by atoms with E-state index in [0.29, 0.717) is 13.1 Å². The summed E-state index contributed by atoms with van der Waals surface area (Å²) in [6, 6.07) is 14.7. The van der Waals surface area contributed by atoms with Crippen LogP contribution in [0.5, 0.6) is 0 Å². The molecule has 0 saturated heterocycles. The quantitative estimate of drug-likeness (QED) is 0.580. The predicted molar refractivity (Wildman–Crippen MR) is 102 cm³/mol. The van der Waals surface area contributed by atoms with E-state index >= 15 is 0 Å². The molecule has 2 aromatic carbocycles. The van der Waals surface area contributed by atoms with Crippen LogP contribution in [-0.4, -0.2) is 35.1 Å². The van der Waals surface area contributed by atoms with Gasteiger partial charge in [-0.15, -0.1) is 0 Å². The van der Waals surface area contributed by atoms with Gasteiger partial charge in [0, 0.05) is 37.1 Å². The number of nitrogens with zero attached hydrogens (tertiary/aromatic N) is 3. The number of nitro benzene ring substituents is 1. The minimum Gasteiger partial charge on any atom is -0.367 e. The minimum absolute atomic E-state index is 0.0421. The van der Waals surface area contributed by atoms with E-state index < -0.39 is 14.9 Å². The van der Waals surface area contributed by atoms with Gasteiger partial charge in [-0.25, -0.2) is 8.42 Å². The van der Waals surface area contributed by atoms with E-state index in [4.69, 9.17) is 0 Å². The lowest BCUT2D eigenvalue weighted by molar-refractivity contribution is -0.384. The second-order valence-electron chi connectivity index (χ2n) is 6.57. The fourth-order valence-corrected chi connectivity index (χ4v) is 4.65. The molecule has 1 aliphatic rings. The zero-order valence-corrected chi connectivity index (χ0v) is 16.0. The molecule has 3 rings (SSSR count). The van der Waals surface area contributed by atoms with Crippen LogP contribution in [0.15, 0.2) is 71.4 Å². The number of sulfonamides is 1. The van der Waals surface area contributed by atoms with Crippen LogP contribution in [0.1, 0.15) is 19.4 Å². The van der Waals surface area contributed by atoms with Crippen LogP contribution in [-0.2, 0) is 16.6 Å². The van der Waals surface area contributed by atoms with Crippen molar-refractivity contribution in [3.8, 4) is 0 Å². The Morgan fingerprint density at radius 1 is 1.11 bits per heavy atom. The first-order valence-corrected chi connectivity index (χ1v) is 9.98.